The number of carbonyl (C=O) groups is 2. The summed E-state index contributed by atoms with van der Waals surface area (Å²) >= 11 is 0. The molecule has 0 radical (unpaired) electrons. The van der Waals surface area contributed by atoms with Crippen LogP contribution in [0.2, 0.25) is 18.1 Å². The Morgan fingerprint density at radius 2 is 1.79 bits per heavy atom. The van der Waals surface area contributed by atoms with E-state index in [0.29, 0.717) is 25.7 Å². The van der Waals surface area contributed by atoms with Crippen molar-refractivity contribution in [1.82, 2.24) is 0 Å². The lowest BCUT2D eigenvalue weighted by molar-refractivity contribution is -0.147. The van der Waals surface area contributed by atoms with E-state index in [1.807, 2.05) is 6.92 Å². The Morgan fingerprint density at radius 1 is 1.21 bits per heavy atom. The zero-order valence-corrected chi connectivity index (χ0v) is 20.7. The molecule has 0 aromatic heterocycles. The van der Waals surface area contributed by atoms with Crippen LogP contribution in [0.1, 0.15) is 73.6 Å². The van der Waals surface area contributed by atoms with Crippen LogP contribution in [0.4, 0.5) is 0 Å². The van der Waals surface area contributed by atoms with E-state index in [1.165, 1.54) is 13.0 Å². The van der Waals surface area contributed by atoms with Gasteiger partial charge in [-0.15, -0.1) is 0 Å². The first-order valence-electron chi connectivity index (χ1n) is 10.4. The fourth-order valence-electron chi connectivity index (χ4n) is 2.87. The molecule has 1 N–H and O–H groups in total. The van der Waals surface area contributed by atoms with E-state index in [1.54, 1.807) is 6.92 Å². The van der Waals surface area contributed by atoms with Gasteiger partial charge in [-0.3, -0.25) is 9.59 Å². The molecule has 0 aliphatic carbocycles. The van der Waals surface area contributed by atoms with Gasteiger partial charge in [0.15, 0.2) is 8.32 Å². The van der Waals surface area contributed by atoms with Crippen LogP contribution < -0.4 is 0 Å². The van der Waals surface area contributed by atoms with Crippen molar-refractivity contribution in [3.05, 3.63) is 12.7 Å². The summed E-state index contributed by atoms with van der Waals surface area (Å²) in [5, 5.41) is 10.6. The van der Waals surface area contributed by atoms with E-state index in [-0.39, 0.29) is 36.2 Å². The normalized spacial score (nSPS) is 16.4. The van der Waals surface area contributed by atoms with Gasteiger partial charge in [-0.2, -0.15) is 0 Å². The molecule has 3 atom stereocenters. The van der Waals surface area contributed by atoms with Crippen LogP contribution in [0.3, 0.4) is 0 Å². The summed E-state index contributed by atoms with van der Waals surface area (Å²) in [6.45, 7) is 19.6. The summed E-state index contributed by atoms with van der Waals surface area (Å²) in [6, 6.07) is 0. The van der Waals surface area contributed by atoms with Crippen molar-refractivity contribution in [2.75, 3.05) is 6.61 Å². The van der Waals surface area contributed by atoms with Crippen LogP contribution in [0.15, 0.2) is 12.7 Å². The van der Waals surface area contributed by atoms with Gasteiger partial charge in [-0.1, -0.05) is 33.4 Å². The number of hydrogen-bond acceptors (Lipinski definition) is 6. The molecule has 0 fully saturated rings. The van der Waals surface area contributed by atoms with Gasteiger partial charge in [-0.05, 0) is 51.2 Å². The fourth-order valence-corrected chi connectivity index (χ4v) is 4.33. The number of hydrogen-bond donors (Lipinski definition) is 1. The van der Waals surface area contributed by atoms with E-state index in [2.05, 4.69) is 40.4 Å². The zero-order chi connectivity index (χ0) is 22.9. The smallest absolute Gasteiger partial charge is 0.309 e. The van der Waals surface area contributed by atoms with Crippen LogP contribution in [0.25, 0.3) is 0 Å². The van der Waals surface area contributed by atoms with Crippen molar-refractivity contribution in [2.45, 2.75) is 110 Å². The maximum absolute atomic E-state index is 11.7. The van der Waals surface area contributed by atoms with Crippen molar-refractivity contribution in [1.29, 1.82) is 0 Å². The molecule has 7 heteroatoms. The molecule has 0 amide bonds. The second kappa shape index (κ2) is 11.9. The molecule has 0 bridgehead atoms. The summed E-state index contributed by atoms with van der Waals surface area (Å²) in [7, 11) is -1.90. The topological polar surface area (TPSA) is 82.1 Å². The van der Waals surface area contributed by atoms with E-state index < -0.39 is 19.9 Å². The quantitative estimate of drug-likeness (QED) is 0.258. The standard InChI is InChI=1S/C22H42O6Si/c1-10-14-26-20(24)16-22(7,25)13-11-12-19(27-18(3)23)15-17(2)28-29(8,9)21(4,5)6/h10,17,19,25H,1,11-16H2,2-9H3/t17-,19+,22-/m1/s1. The Labute approximate surface area is 178 Å². The van der Waals surface area contributed by atoms with Gasteiger partial charge in [0.2, 0.25) is 0 Å². The third-order valence-electron chi connectivity index (χ3n) is 5.36. The van der Waals surface area contributed by atoms with Gasteiger partial charge in [0.05, 0.1) is 12.0 Å². The number of ether oxygens (including phenoxy) is 2. The van der Waals surface area contributed by atoms with E-state index in [9.17, 15) is 14.7 Å². The second-order valence-electron chi connectivity index (χ2n) is 9.69. The van der Waals surface area contributed by atoms with E-state index in [4.69, 9.17) is 13.9 Å². The molecule has 0 rings (SSSR count). The van der Waals surface area contributed by atoms with Crippen LogP contribution in [-0.2, 0) is 23.5 Å². The number of esters is 2. The predicted octanol–water partition coefficient (Wildman–Crippen LogP) is 4.76. The highest BCUT2D eigenvalue weighted by Gasteiger charge is 2.38. The number of rotatable bonds is 13. The molecule has 0 aromatic carbocycles. The molecule has 0 heterocycles. The zero-order valence-electron chi connectivity index (χ0n) is 19.7. The third-order valence-corrected chi connectivity index (χ3v) is 9.96. The van der Waals surface area contributed by atoms with Crippen molar-refractivity contribution in [2.24, 2.45) is 0 Å². The van der Waals surface area contributed by atoms with E-state index in [0.717, 1.165) is 0 Å². The molecule has 0 spiro atoms. The van der Waals surface area contributed by atoms with Crippen LogP contribution >= 0.6 is 0 Å². The minimum Gasteiger partial charge on any atom is -0.462 e. The molecule has 170 valence electrons. The van der Waals surface area contributed by atoms with Gasteiger partial charge in [0.1, 0.15) is 12.7 Å². The molecule has 0 aliphatic rings. The molecule has 0 saturated carbocycles. The Kier molecular flexibility index (Phi) is 11.4. The summed E-state index contributed by atoms with van der Waals surface area (Å²) in [4.78, 5) is 23.2. The van der Waals surface area contributed by atoms with Crippen LogP contribution in [-0.4, -0.2) is 49.8 Å². The highest BCUT2D eigenvalue weighted by Crippen LogP contribution is 2.37. The highest BCUT2D eigenvalue weighted by molar-refractivity contribution is 6.74. The van der Waals surface area contributed by atoms with Gasteiger partial charge >= 0.3 is 11.9 Å². The molecule has 0 aliphatic heterocycles. The fraction of sp³-hybridized carbons (Fsp3) is 0.818. The first-order valence-corrected chi connectivity index (χ1v) is 13.3. The Balaban J connectivity index is 4.71. The Bertz CT molecular complexity index is 536. The van der Waals surface area contributed by atoms with E-state index >= 15 is 0 Å². The second-order valence-corrected chi connectivity index (χ2v) is 14.4. The Hall–Kier alpha value is -1.18. The SMILES string of the molecule is C=CCOC(=O)C[C@](C)(O)CCC[C@@H](C[C@@H](C)O[Si](C)(C)C(C)(C)C)OC(C)=O. The molecular formula is C22H42O6Si. The Morgan fingerprint density at radius 3 is 2.28 bits per heavy atom. The lowest BCUT2D eigenvalue weighted by Gasteiger charge is -2.39. The van der Waals surface area contributed by atoms with Crippen molar-refractivity contribution in [3.8, 4) is 0 Å². The lowest BCUT2D eigenvalue weighted by atomic mass is 9.93. The largest absolute Gasteiger partial charge is 0.462 e. The number of carbonyl (C=O) groups excluding carboxylic acids is 2. The molecule has 29 heavy (non-hydrogen) atoms. The molecular weight excluding hydrogens is 388 g/mol. The maximum Gasteiger partial charge on any atom is 0.309 e. The molecule has 6 nitrogen and oxygen atoms in total. The van der Waals surface area contributed by atoms with Crippen molar-refractivity contribution >= 4 is 20.3 Å². The minimum atomic E-state index is -1.90. The van der Waals surface area contributed by atoms with Gasteiger partial charge in [0.25, 0.3) is 0 Å². The highest BCUT2D eigenvalue weighted by atomic mass is 28.4. The maximum atomic E-state index is 11.7. The van der Waals surface area contributed by atoms with Crippen molar-refractivity contribution < 1.29 is 28.6 Å². The summed E-state index contributed by atoms with van der Waals surface area (Å²) in [5.41, 5.74) is -1.16. The van der Waals surface area contributed by atoms with Crippen molar-refractivity contribution in [3.63, 3.8) is 0 Å². The van der Waals surface area contributed by atoms with Gasteiger partial charge in [0, 0.05) is 19.4 Å². The lowest BCUT2D eigenvalue weighted by Crippen LogP contribution is -2.44. The first kappa shape index (κ1) is 27.8. The third kappa shape index (κ3) is 12.2. The van der Waals surface area contributed by atoms with Crippen LogP contribution in [0.5, 0.6) is 0 Å². The molecule has 0 unspecified atom stereocenters. The van der Waals surface area contributed by atoms with Gasteiger partial charge < -0.3 is 19.0 Å². The average Bonchev–Trinajstić information content (AvgIpc) is 2.49. The summed E-state index contributed by atoms with van der Waals surface area (Å²) in [5.74, 6) is -0.780. The number of aliphatic hydroxyl groups is 1. The monoisotopic (exact) mass is 430 g/mol. The summed E-state index contributed by atoms with van der Waals surface area (Å²) in [6.07, 6.45) is 3.33. The minimum absolute atomic E-state index is 0.0327. The first-order chi connectivity index (χ1) is 13.1. The predicted molar refractivity (Wildman–Crippen MR) is 118 cm³/mol. The van der Waals surface area contributed by atoms with Gasteiger partial charge in [-0.25, -0.2) is 0 Å². The molecule has 0 aromatic rings. The summed E-state index contributed by atoms with van der Waals surface area (Å²) < 4.78 is 16.8. The molecule has 0 saturated heterocycles. The average molecular weight is 431 g/mol. The van der Waals surface area contributed by atoms with Crippen LogP contribution in [0, 0.1) is 0 Å².